The molecule has 0 saturated heterocycles. The summed E-state index contributed by atoms with van der Waals surface area (Å²) in [6.07, 6.45) is 1.26. The van der Waals surface area contributed by atoms with Crippen LogP contribution < -0.4 is 10.1 Å². The van der Waals surface area contributed by atoms with Crippen LogP contribution in [-0.2, 0) is 4.79 Å². The number of nitrogens with one attached hydrogen (secondary N) is 1. The fourth-order valence-corrected chi connectivity index (χ4v) is 2.07. The van der Waals surface area contributed by atoms with E-state index in [4.69, 9.17) is 20.8 Å². The van der Waals surface area contributed by atoms with Gasteiger partial charge in [0.15, 0.2) is 6.61 Å². The second-order valence-electron chi connectivity index (χ2n) is 4.58. The molecule has 116 valence electrons. The third-order valence-electron chi connectivity index (χ3n) is 2.98. The molecule has 23 heavy (non-hydrogen) atoms. The Morgan fingerprint density at radius 3 is 2.65 bits per heavy atom. The molecular formula is C16H12ClN3O3. The first-order valence-electron chi connectivity index (χ1n) is 6.76. The normalized spacial score (nSPS) is 10.3. The van der Waals surface area contributed by atoms with Gasteiger partial charge in [0.25, 0.3) is 5.91 Å². The van der Waals surface area contributed by atoms with Crippen molar-refractivity contribution in [1.29, 1.82) is 0 Å². The maximum atomic E-state index is 11.9. The van der Waals surface area contributed by atoms with Crippen molar-refractivity contribution in [2.24, 2.45) is 0 Å². The number of amides is 1. The standard InChI is InChI=1S/C16H12ClN3O3/c17-13-3-1-2-4-14(13)19-15(21)9-22-12-7-5-11(6-8-12)16-20-18-10-23-16/h1-8,10H,9H2,(H,19,21). The van der Waals surface area contributed by atoms with Crippen molar-refractivity contribution in [2.45, 2.75) is 0 Å². The maximum absolute atomic E-state index is 11.9. The van der Waals surface area contributed by atoms with E-state index in [2.05, 4.69) is 15.5 Å². The number of nitrogens with zero attached hydrogens (tertiary/aromatic N) is 2. The fraction of sp³-hybridized carbons (Fsp3) is 0.0625. The highest BCUT2D eigenvalue weighted by Crippen LogP contribution is 2.21. The fourth-order valence-electron chi connectivity index (χ4n) is 1.89. The molecule has 1 aromatic heterocycles. The number of hydrogen-bond acceptors (Lipinski definition) is 5. The number of halogens is 1. The van der Waals surface area contributed by atoms with Crippen molar-refractivity contribution in [1.82, 2.24) is 10.2 Å². The number of anilines is 1. The average Bonchev–Trinajstić information content (AvgIpc) is 3.10. The largest absolute Gasteiger partial charge is 0.484 e. The van der Waals surface area contributed by atoms with E-state index in [9.17, 15) is 4.79 Å². The van der Waals surface area contributed by atoms with Gasteiger partial charge >= 0.3 is 0 Å². The van der Waals surface area contributed by atoms with Gasteiger partial charge in [-0.1, -0.05) is 23.7 Å². The quantitative estimate of drug-likeness (QED) is 0.776. The summed E-state index contributed by atoms with van der Waals surface area (Å²) >= 11 is 5.98. The lowest BCUT2D eigenvalue weighted by molar-refractivity contribution is -0.118. The molecule has 0 fully saturated rings. The van der Waals surface area contributed by atoms with Crippen molar-refractivity contribution in [2.75, 3.05) is 11.9 Å². The molecule has 7 heteroatoms. The Labute approximate surface area is 137 Å². The molecule has 2 aromatic carbocycles. The molecule has 0 aliphatic rings. The van der Waals surface area contributed by atoms with Crippen LogP contribution in [0.3, 0.4) is 0 Å². The average molecular weight is 330 g/mol. The summed E-state index contributed by atoms with van der Waals surface area (Å²) < 4.78 is 10.5. The molecule has 0 spiro atoms. The SMILES string of the molecule is O=C(COc1ccc(-c2nnco2)cc1)Nc1ccccc1Cl. The van der Waals surface area contributed by atoms with Crippen LogP contribution in [0.5, 0.6) is 5.75 Å². The lowest BCUT2D eigenvalue weighted by Gasteiger charge is -2.08. The summed E-state index contributed by atoms with van der Waals surface area (Å²) in [6, 6.07) is 14.0. The highest BCUT2D eigenvalue weighted by Gasteiger charge is 2.07. The van der Waals surface area contributed by atoms with E-state index in [0.29, 0.717) is 22.4 Å². The summed E-state index contributed by atoms with van der Waals surface area (Å²) in [6.45, 7) is -0.120. The van der Waals surface area contributed by atoms with E-state index in [-0.39, 0.29) is 12.5 Å². The van der Waals surface area contributed by atoms with Gasteiger partial charge in [-0.3, -0.25) is 4.79 Å². The van der Waals surface area contributed by atoms with Crippen molar-refractivity contribution < 1.29 is 13.9 Å². The number of para-hydroxylation sites is 1. The first-order chi connectivity index (χ1) is 11.2. The Hall–Kier alpha value is -2.86. The first-order valence-corrected chi connectivity index (χ1v) is 7.14. The van der Waals surface area contributed by atoms with Crippen LogP contribution in [-0.4, -0.2) is 22.7 Å². The molecule has 1 heterocycles. The number of aromatic nitrogens is 2. The van der Waals surface area contributed by atoms with Gasteiger partial charge in [-0.2, -0.15) is 0 Å². The lowest BCUT2D eigenvalue weighted by atomic mass is 10.2. The lowest BCUT2D eigenvalue weighted by Crippen LogP contribution is -2.20. The van der Waals surface area contributed by atoms with Crippen LogP contribution in [0, 0.1) is 0 Å². The molecule has 0 saturated carbocycles. The van der Waals surface area contributed by atoms with Gasteiger partial charge in [-0.05, 0) is 36.4 Å². The van der Waals surface area contributed by atoms with E-state index in [1.54, 1.807) is 48.5 Å². The number of rotatable bonds is 5. The van der Waals surface area contributed by atoms with Gasteiger partial charge in [0.05, 0.1) is 10.7 Å². The summed E-state index contributed by atoms with van der Waals surface area (Å²) in [7, 11) is 0. The minimum atomic E-state index is -0.293. The van der Waals surface area contributed by atoms with Crippen LogP contribution in [0.2, 0.25) is 5.02 Å². The summed E-state index contributed by atoms with van der Waals surface area (Å²) in [5, 5.41) is 10.6. The molecule has 3 aromatic rings. The maximum Gasteiger partial charge on any atom is 0.262 e. The number of benzene rings is 2. The molecule has 1 N–H and O–H groups in total. The third kappa shape index (κ3) is 3.87. The molecule has 1 amide bonds. The number of carbonyl (C=O) groups excluding carboxylic acids is 1. The predicted octanol–water partition coefficient (Wildman–Crippen LogP) is 3.41. The van der Waals surface area contributed by atoms with E-state index >= 15 is 0 Å². The summed E-state index contributed by atoms with van der Waals surface area (Å²) in [5.74, 6) is 0.690. The molecule has 0 atom stereocenters. The minimum absolute atomic E-state index is 0.120. The molecule has 0 bridgehead atoms. The smallest absolute Gasteiger partial charge is 0.262 e. The minimum Gasteiger partial charge on any atom is -0.484 e. The molecule has 0 unspecified atom stereocenters. The Balaban J connectivity index is 1.56. The summed E-state index contributed by atoms with van der Waals surface area (Å²) in [5.41, 5.74) is 1.32. The number of hydrogen-bond donors (Lipinski definition) is 1. The van der Waals surface area contributed by atoms with Gasteiger partial charge in [0.2, 0.25) is 12.3 Å². The second-order valence-corrected chi connectivity index (χ2v) is 4.99. The number of carbonyl (C=O) groups is 1. The highest BCUT2D eigenvalue weighted by atomic mass is 35.5. The number of ether oxygens (including phenoxy) is 1. The molecular weight excluding hydrogens is 318 g/mol. The zero-order valence-corrected chi connectivity index (χ0v) is 12.7. The summed E-state index contributed by atoms with van der Waals surface area (Å²) in [4.78, 5) is 11.9. The van der Waals surface area contributed by atoms with Crippen molar-refractivity contribution >= 4 is 23.2 Å². The topological polar surface area (TPSA) is 77.2 Å². The van der Waals surface area contributed by atoms with Crippen LogP contribution >= 0.6 is 11.6 Å². The zero-order chi connectivity index (χ0) is 16.1. The molecule has 0 aliphatic carbocycles. The molecule has 3 rings (SSSR count). The van der Waals surface area contributed by atoms with Gasteiger partial charge < -0.3 is 14.5 Å². The van der Waals surface area contributed by atoms with Crippen LogP contribution in [0.15, 0.2) is 59.3 Å². The highest BCUT2D eigenvalue weighted by molar-refractivity contribution is 6.33. The molecule has 6 nitrogen and oxygen atoms in total. The van der Waals surface area contributed by atoms with E-state index < -0.39 is 0 Å². The van der Waals surface area contributed by atoms with Gasteiger partial charge in [0, 0.05) is 5.56 Å². The van der Waals surface area contributed by atoms with E-state index in [1.165, 1.54) is 6.39 Å². The van der Waals surface area contributed by atoms with Gasteiger partial charge in [0.1, 0.15) is 5.75 Å². The Morgan fingerprint density at radius 2 is 1.96 bits per heavy atom. The molecule has 0 aliphatic heterocycles. The third-order valence-corrected chi connectivity index (χ3v) is 3.31. The van der Waals surface area contributed by atoms with Crippen molar-refractivity contribution in [3.05, 3.63) is 59.9 Å². The first kappa shape index (κ1) is 15.1. The second kappa shape index (κ2) is 6.93. The Bertz CT molecular complexity index is 789. The van der Waals surface area contributed by atoms with Gasteiger partial charge in [-0.15, -0.1) is 10.2 Å². The van der Waals surface area contributed by atoms with E-state index in [0.717, 1.165) is 5.56 Å². The zero-order valence-electron chi connectivity index (χ0n) is 11.9. The predicted molar refractivity (Wildman–Crippen MR) is 85.3 cm³/mol. The van der Waals surface area contributed by atoms with Crippen molar-refractivity contribution in [3.8, 4) is 17.2 Å². The Morgan fingerprint density at radius 1 is 1.17 bits per heavy atom. The Kier molecular flexibility index (Phi) is 4.54. The monoisotopic (exact) mass is 329 g/mol. The van der Waals surface area contributed by atoms with Crippen LogP contribution in [0.1, 0.15) is 0 Å². The van der Waals surface area contributed by atoms with Crippen LogP contribution in [0.25, 0.3) is 11.5 Å². The van der Waals surface area contributed by atoms with E-state index in [1.807, 2.05) is 0 Å². The molecule has 0 radical (unpaired) electrons. The van der Waals surface area contributed by atoms with Crippen molar-refractivity contribution in [3.63, 3.8) is 0 Å². The van der Waals surface area contributed by atoms with Crippen LogP contribution in [0.4, 0.5) is 5.69 Å². The van der Waals surface area contributed by atoms with Gasteiger partial charge in [-0.25, -0.2) is 0 Å².